The van der Waals surface area contributed by atoms with Gasteiger partial charge < -0.3 is 13.5 Å². The predicted molar refractivity (Wildman–Crippen MR) is 90.1 cm³/mol. The summed E-state index contributed by atoms with van der Waals surface area (Å²) in [7, 11) is -5.88. The molecule has 1 aromatic rings. The molecule has 130 valence electrons. The van der Waals surface area contributed by atoms with E-state index in [0.29, 0.717) is 11.0 Å². The molecule has 8 heteroatoms. The van der Waals surface area contributed by atoms with E-state index in [4.69, 9.17) is 15.7 Å². The van der Waals surface area contributed by atoms with Gasteiger partial charge in [0.1, 0.15) is 5.75 Å². The summed E-state index contributed by atoms with van der Waals surface area (Å²) in [6.45, 7) is 9.42. The molecular weight excluding hydrogens is 334 g/mol. The smallest absolute Gasteiger partial charge is 0.399 e. The van der Waals surface area contributed by atoms with E-state index in [1.807, 2.05) is 34.6 Å². The SMILES string of the molecule is C#CCc1cc(OS(=O)(=O)F)cc(B2OC(C)(C)C(C)(C)O2)c1C. The Morgan fingerprint density at radius 3 is 2.25 bits per heavy atom. The Bertz CT molecular complexity index is 779. The quantitative estimate of drug-likeness (QED) is 0.471. The molecule has 1 aliphatic rings. The Morgan fingerprint density at radius 2 is 1.79 bits per heavy atom. The molecule has 5 nitrogen and oxygen atoms in total. The molecule has 1 aromatic carbocycles. The van der Waals surface area contributed by atoms with Gasteiger partial charge in [0.05, 0.1) is 11.2 Å². The molecule has 0 spiro atoms. The number of hydrogen-bond acceptors (Lipinski definition) is 5. The Labute approximate surface area is 143 Å². The lowest BCUT2D eigenvalue weighted by Crippen LogP contribution is -2.41. The predicted octanol–water partition coefficient (Wildman–Crippen LogP) is 2.06. The van der Waals surface area contributed by atoms with Gasteiger partial charge in [-0.25, -0.2) is 0 Å². The normalized spacial score (nSPS) is 19.1. The Balaban J connectivity index is 2.51. The lowest BCUT2D eigenvalue weighted by molar-refractivity contribution is 0.00578. The molecule has 1 aliphatic heterocycles. The highest BCUT2D eigenvalue weighted by Gasteiger charge is 2.52. The second-order valence-electron chi connectivity index (χ2n) is 6.74. The van der Waals surface area contributed by atoms with Crippen molar-refractivity contribution in [2.24, 2.45) is 0 Å². The third kappa shape index (κ3) is 3.74. The fourth-order valence-corrected chi connectivity index (χ4v) is 2.77. The van der Waals surface area contributed by atoms with Crippen molar-refractivity contribution in [2.45, 2.75) is 52.2 Å². The minimum Gasteiger partial charge on any atom is -0.399 e. The van der Waals surface area contributed by atoms with E-state index >= 15 is 0 Å². The van der Waals surface area contributed by atoms with Crippen LogP contribution in [-0.4, -0.2) is 26.7 Å². The van der Waals surface area contributed by atoms with Crippen LogP contribution in [0.1, 0.15) is 38.8 Å². The summed E-state index contributed by atoms with van der Waals surface area (Å²) in [6, 6.07) is 2.80. The van der Waals surface area contributed by atoms with Crippen molar-refractivity contribution < 1.29 is 25.8 Å². The molecule has 1 saturated heterocycles. The van der Waals surface area contributed by atoms with Gasteiger partial charge in [0.25, 0.3) is 0 Å². The fraction of sp³-hybridized carbons (Fsp3) is 0.500. The van der Waals surface area contributed by atoms with E-state index in [2.05, 4.69) is 10.1 Å². The van der Waals surface area contributed by atoms with Crippen molar-refractivity contribution in [2.75, 3.05) is 0 Å². The van der Waals surface area contributed by atoms with Gasteiger partial charge in [-0.05, 0) is 63.3 Å². The zero-order valence-corrected chi connectivity index (χ0v) is 15.2. The fourth-order valence-electron chi connectivity index (χ4n) is 2.44. The monoisotopic (exact) mass is 354 g/mol. The zero-order valence-electron chi connectivity index (χ0n) is 14.3. The van der Waals surface area contributed by atoms with E-state index in [9.17, 15) is 12.3 Å². The minimum absolute atomic E-state index is 0.168. The van der Waals surface area contributed by atoms with E-state index in [1.165, 1.54) is 12.1 Å². The number of hydrogen-bond donors (Lipinski definition) is 0. The van der Waals surface area contributed by atoms with E-state index in [1.54, 1.807) is 0 Å². The van der Waals surface area contributed by atoms with Crippen molar-refractivity contribution in [1.82, 2.24) is 0 Å². The van der Waals surface area contributed by atoms with E-state index in [0.717, 1.165) is 5.56 Å². The summed E-state index contributed by atoms with van der Waals surface area (Å²) in [5, 5.41) is 0. The highest BCUT2D eigenvalue weighted by atomic mass is 32.3. The van der Waals surface area contributed by atoms with Gasteiger partial charge in [-0.3, -0.25) is 0 Å². The van der Waals surface area contributed by atoms with Crippen molar-refractivity contribution >= 4 is 23.1 Å². The molecular formula is C16H20BFO5S. The van der Waals surface area contributed by atoms with Crippen LogP contribution in [0.25, 0.3) is 0 Å². The number of terminal acetylenes is 1. The largest absolute Gasteiger partial charge is 0.495 e. The zero-order chi connectivity index (χ0) is 18.3. The summed E-state index contributed by atoms with van der Waals surface area (Å²) in [4.78, 5) is 0. The van der Waals surface area contributed by atoms with Crippen LogP contribution in [-0.2, 0) is 26.2 Å². The number of benzene rings is 1. The molecule has 0 atom stereocenters. The average molecular weight is 354 g/mol. The van der Waals surface area contributed by atoms with E-state index in [-0.39, 0.29) is 12.2 Å². The molecule has 24 heavy (non-hydrogen) atoms. The van der Waals surface area contributed by atoms with Crippen LogP contribution in [0.5, 0.6) is 5.75 Å². The summed E-state index contributed by atoms with van der Waals surface area (Å²) in [5.41, 5.74) is 0.845. The van der Waals surface area contributed by atoms with E-state index < -0.39 is 28.8 Å². The molecule has 1 fully saturated rings. The number of halogens is 1. The lowest BCUT2D eigenvalue weighted by Gasteiger charge is -2.32. The molecule has 0 N–H and O–H groups in total. The summed E-state index contributed by atoms with van der Waals surface area (Å²) >= 11 is 0. The van der Waals surface area contributed by atoms with Gasteiger partial charge in [0.15, 0.2) is 0 Å². The third-order valence-corrected chi connectivity index (χ3v) is 4.92. The van der Waals surface area contributed by atoms with Crippen LogP contribution in [0, 0.1) is 19.3 Å². The highest BCUT2D eigenvalue weighted by molar-refractivity contribution is 7.81. The molecule has 0 saturated carbocycles. The first-order chi connectivity index (χ1) is 10.9. The van der Waals surface area contributed by atoms with Gasteiger partial charge in [-0.1, -0.05) is 3.89 Å². The summed E-state index contributed by atoms with van der Waals surface area (Å²) in [5.74, 6) is 2.32. The third-order valence-electron chi connectivity index (χ3n) is 4.52. The van der Waals surface area contributed by atoms with Crippen LogP contribution in [0.2, 0.25) is 0 Å². The Hall–Kier alpha value is -1.56. The lowest BCUT2D eigenvalue weighted by atomic mass is 9.74. The first-order valence-electron chi connectivity index (χ1n) is 7.43. The first kappa shape index (κ1) is 18.8. The molecule has 0 amide bonds. The second-order valence-corrected chi connectivity index (χ2v) is 7.70. The molecule has 0 bridgehead atoms. The highest BCUT2D eigenvalue weighted by Crippen LogP contribution is 2.37. The molecule has 2 rings (SSSR count). The average Bonchev–Trinajstić information content (AvgIpc) is 2.60. The Kier molecular flexibility index (Phi) is 4.75. The van der Waals surface area contributed by atoms with Gasteiger partial charge in [-0.2, -0.15) is 8.42 Å². The molecule has 0 aliphatic carbocycles. The van der Waals surface area contributed by atoms with Crippen LogP contribution in [0.4, 0.5) is 3.89 Å². The van der Waals surface area contributed by atoms with Gasteiger partial charge in [0, 0.05) is 6.42 Å². The maximum Gasteiger partial charge on any atom is 0.495 e. The van der Waals surface area contributed by atoms with Gasteiger partial charge in [-0.15, -0.1) is 12.3 Å². The van der Waals surface area contributed by atoms with Gasteiger partial charge in [0.2, 0.25) is 0 Å². The topological polar surface area (TPSA) is 61.8 Å². The molecule has 0 unspecified atom stereocenters. The molecule has 0 radical (unpaired) electrons. The first-order valence-corrected chi connectivity index (χ1v) is 8.74. The second kappa shape index (κ2) is 6.06. The maximum atomic E-state index is 12.9. The van der Waals surface area contributed by atoms with Crippen molar-refractivity contribution in [3.63, 3.8) is 0 Å². The van der Waals surface area contributed by atoms with Crippen molar-refractivity contribution in [1.29, 1.82) is 0 Å². The van der Waals surface area contributed by atoms with Crippen LogP contribution in [0.15, 0.2) is 12.1 Å². The standard InChI is InChI=1S/C16H20BFO5S/c1-7-8-12-9-13(21-24(18,19)20)10-14(11(12)2)17-22-15(3,4)16(5,6)23-17/h1,9-10H,8H2,2-6H3. The van der Waals surface area contributed by atoms with Crippen molar-refractivity contribution in [3.8, 4) is 18.1 Å². The van der Waals surface area contributed by atoms with Gasteiger partial charge >= 0.3 is 17.6 Å². The van der Waals surface area contributed by atoms with Crippen LogP contribution < -0.4 is 9.65 Å². The number of rotatable bonds is 4. The summed E-state index contributed by atoms with van der Waals surface area (Å²) in [6.07, 6.45) is 5.59. The summed E-state index contributed by atoms with van der Waals surface area (Å²) < 4.78 is 50.8. The Morgan fingerprint density at radius 1 is 1.25 bits per heavy atom. The minimum atomic E-state index is -5.14. The molecule has 1 heterocycles. The van der Waals surface area contributed by atoms with Crippen molar-refractivity contribution in [3.05, 3.63) is 23.3 Å². The van der Waals surface area contributed by atoms with Crippen LogP contribution >= 0.6 is 0 Å². The maximum absolute atomic E-state index is 12.9. The molecule has 0 aromatic heterocycles. The van der Waals surface area contributed by atoms with Crippen LogP contribution in [0.3, 0.4) is 0 Å².